The summed E-state index contributed by atoms with van der Waals surface area (Å²) in [5.41, 5.74) is 0. The highest BCUT2D eigenvalue weighted by atomic mass is 16.5. The molecule has 8 heteroatoms. The lowest BCUT2D eigenvalue weighted by Crippen LogP contribution is -2.54. The van der Waals surface area contributed by atoms with Gasteiger partial charge in [0.25, 0.3) is 0 Å². The van der Waals surface area contributed by atoms with Gasteiger partial charge in [0.15, 0.2) is 0 Å². The molecule has 0 saturated heterocycles. The first-order chi connectivity index (χ1) is 13.6. The lowest BCUT2D eigenvalue weighted by atomic mass is 9.57. The van der Waals surface area contributed by atoms with E-state index in [9.17, 15) is 35.7 Å². The highest BCUT2D eigenvalue weighted by Crippen LogP contribution is 2.46. The van der Waals surface area contributed by atoms with Gasteiger partial charge in [-0.2, -0.15) is 0 Å². The Hall–Kier alpha value is -0.320. The number of ether oxygens (including phenoxy) is 1. The van der Waals surface area contributed by atoms with E-state index in [2.05, 4.69) is 0 Å². The van der Waals surface area contributed by atoms with Crippen molar-refractivity contribution in [1.29, 1.82) is 0 Å². The number of hydrogen-bond donors (Lipinski definition) is 7. The predicted molar refractivity (Wildman–Crippen MR) is 101 cm³/mol. The molecule has 28 heavy (non-hydrogen) atoms. The maximum absolute atomic E-state index is 9.99. The van der Waals surface area contributed by atoms with E-state index in [0.717, 1.165) is 6.42 Å². The summed E-state index contributed by atoms with van der Waals surface area (Å²) >= 11 is 0. The van der Waals surface area contributed by atoms with Crippen molar-refractivity contribution >= 4 is 0 Å². The molecule has 6 atom stereocenters. The third-order valence-electron chi connectivity index (χ3n) is 7.25. The van der Waals surface area contributed by atoms with Gasteiger partial charge in [0.1, 0.15) is 0 Å². The number of rotatable bonds is 10. The van der Waals surface area contributed by atoms with Crippen LogP contribution in [0.25, 0.3) is 0 Å². The van der Waals surface area contributed by atoms with E-state index < -0.39 is 5.92 Å². The van der Waals surface area contributed by atoms with E-state index in [4.69, 9.17) is 4.74 Å². The van der Waals surface area contributed by atoms with Gasteiger partial charge in [-0.25, -0.2) is 0 Å². The SMILES string of the molecule is OCC1CC(CO)CC(OCC2C(CO)C(CO)C(CO)C(CO)C2CO)C1. The van der Waals surface area contributed by atoms with E-state index >= 15 is 0 Å². The van der Waals surface area contributed by atoms with Crippen LogP contribution in [0.3, 0.4) is 0 Å². The molecule has 6 unspecified atom stereocenters. The molecule has 2 aliphatic rings. The number of aliphatic hydroxyl groups is 7. The van der Waals surface area contributed by atoms with E-state index in [-0.39, 0.29) is 100 Å². The number of aliphatic hydroxyl groups excluding tert-OH is 7. The highest BCUT2D eigenvalue weighted by molar-refractivity contribution is 4.96. The molecule has 0 amide bonds. The lowest BCUT2D eigenvalue weighted by molar-refractivity contribution is -0.138. The Balaban J connectivity index is 2.13. The average molecular weight is 407 g/mol. The van der Waals surface area contributed by atoms with Crippen LogP contribution in [0.15, 0.2) is 0 Å². The topological polar surface area (TPSA) is 151 Å². The van der Waals surface area contributed by atoms with Crippen molar-refractivity contribution in [3.63, 3.8) is 0 Å². The van der Waals surface area contributed by atoms with Crippen LogP contribution in [0, 0.1) is 47.3 Å². The largest absolute Gasteiger partial charge is 0.396 e. The van der Waals surface area contributed by atoms with Crippen molar-refractivity contribution in [1.82, 2.24) is 0 Å². The van der Waals surface area contributed by atoms with Gasteiger partial charge >= 0.3 is 0 Å². The van der Waals surface area contributed by atoms with Gasteiger partial charge in [0, 0.05) is 46.2 Å². The molecule has 8 nitrogen and oxygen atoms in total. The predicted octanol–water partition coefficient (Wildman–Crippen LogP) is -1.56. The Kier molecular flexibility index (Phi) is 10.1. The molecule has 2 aliphatic carbocycles. The van der Waals surface area contributed by atoms with Crippen molar-refractivity contribution in [3.8, 4) is 0 Å². The number of hydrogen-bond acceptors (Lipinski definition) is 8. The third kappa shape index (κ3) is 5.23. The first-order valence-electron chi connectivity index (χ1n) is 10.5. The fourth-order valence-electron chi connectivity index (χ4n) is 5.69. The van der Waals surface area contributed by atoms with Crippen LogP contribution < -0.4 is 0 Å². The van der Waals surface area contributed by atoms with Crippen LogP contribution in [0.5, 0.6) is 0 Å². The van der Waals surface area contributed by atoms with E-state index in [1.165, 1.54) is 0 Å². The summed E-state index contributed by atoms with van der Waals surface area (Å²) < 4.78 is 6.14. The summed E-state index contributed by atoms with van der Waals surface area (Å²) in [5, 5.41) is 68.5. The van der Waals surface area contributed by atoms with Gasteiger partial charge in [-0.05, 0) is 66.6 Å². The molecule has 2 rings (SSSR count). The Morgan fingerprint density at radius 1 is 0.464 bits per heavy atom. The first kappa shape index (κ1) is 24.0. The summed E-state index contributed by atoms with van der Waals surface area (Å²) in [6.07, 6.45) is 2.03. The van der Waals surface area contributed by atoms with Gasteiger partial charge in [-0.3, -0.25) is 0 Å². The fraction of sp³-hybridized carbons (Fsp3) is 1.00. The first-order valence-corrected chi connectivity index (χ1v) is 10.5. The Bertz CT molecular complexity index is 404. The van der Waals surface area contributed by atoms with Crippen LogP contribution in [-0.2, 0) is 4.74 Å². The molecule has 0 aromatic rings. The molecule has 0 spiro atoms. The monoisotopic (exact) mass is 406 g/mol. The summed E-state index contributed by atoms with van der Waals surface area (Å²) in [6, 6.07) is 0. The minimum atomic E-state index is -0.396. The molecule has 166 valence electrons. The van der Waals surface area contributed by atoms with E-state index in [0.29, 0.717) is 12.8 Å². The maximum Gasteiger partial charge on any atom is 0.0582 e. The summed E-state index contributed by atoms with van der Waals surface area (Å²) in [5.74, 6) is -1.98. The molecule has 7 N–H and O–H groups in total. The molecule has 0 heterocycles. The molecule has 0 aromatic carbocycles. The quantitative estimate of drug-likeness (QED) is 0.230. The lowest BCUT2D eigenvalue weighted by Gasteiger charge is -2.50. The van der Waals surface area contributed by atoms with Gasteiger partial charge in [0.2, 0.25) is 0 Å². The van der Waals surface area contributed by atoms with Crippen LogP contribution in [0.4, 0.5) is 0 Å². The Labute approximate surface area is 166 Å². The van der Waals surface area contributed by atoms with Crippen molar-refractivity contribution in [2.75, 3.05) is 52.9 Å². The van der Waals surface area contributed by atoms with E-state index in [1.54, 1.807) is 0 Å². The molecule has 0 bridgehead atoms. The zero-order valence-corrected chi connectivity index (χ0v) is 16.5. The normalized spacial score (nSPS) is 41.9. The zero-order valence-electron chi connectivity index (χ0n) is 16.5. The molecule has 0 aromatic heterocycles. The summed E-state index contributed by atoms with van der Waals surface area (Å²) in [4.78, 5) is 0. The van der Waals surface area contributed by atoms with E-state index in [1.807, 2.05) is 0 Å². The molecule has 2 fully saturated rings. The smallest absolute Gasteiger partial charge is 0.0582 e. The molecular weight excluding hydrogens is 368 g/mol. The second kappa shape index (κ2) is 11.8. The van der Waals surface area contributed by atoms with Crippen molar-refractivity contribution < 1.29 is 40.5 Å². The highest BCUT2D eigenvalue weighted by Gasteiger charge is 2.49. The van der Waals surface area contributed by atoms with Crippen molar-refractivity contribution in [3.05, 3.63) is 0 Å². The van der Waals surface area contributed by atoms with Crippen molar-refractivity contribution in [2.24, 2.45) is 47.3 Å². The minimum absolute atomic E-state index is 0.0513. The van der Waals surface area contributed by atoms with Gasteiger partial charge in [-0.1, -0.05) is 0 Å². The Morgan fingerprint density at radius 2 is 0.821 bits per heavy atom. The summed E-state index contributed by atoms with van der Waals surface area (Å²) in [7, 11) is 0. The molecule has 2 saturated carbocycles. The maximum atomic E-state index is 9.99. The standard InChI is InChI=1S/C20H38O8/c21-4-12-1-13(5-22)3-14(2-12)28-11-20-18(9-26)16(7-24)15(6-23)17(8-25)19(20)10-27/h12-27H,1-11H2. The van der Waals surface area contributed by atoms with Crippen LogP contribution in [0.1, 0.15) is 19.3 Å². The Morgan fingerprint density at radius 3 is 1.14 bits per heavy atom. The molecular formula is C20H38O8. The molecule has 0 radical (unpaired) electrons. The second-order valence-electron chi connectivity index (χ2n) is 8.66. The molecule has 0 aliphatic heterocycles. The van der Waals surface area contributed by atoms with Gasteiger partial charge in [-0.15, -0.1) is 0 Å². The third-order valence-corrected chi connectivity index (χ3v) is 7.25. The van der Waals surface area contributed by atoms with Crippen LogP contribution in [0.2, 0.25) is 0 Å². The average Bonchev–Trinajstić information content (AvgIpc) is 2.75. The van der Waals surface area contributed by atoms with Gasteiger partial charge < -0.3 is 40.5 Å². The van der Waals surface area contributed by atoms with Gasteiger partial charge in [0.05, 0.1) is 12.7 Å². The second-order valence-corrected chi connectivity index (χ2v) is 8.66. The van der Waals surface area contributed by atoms with Crippen molar-refractivity contribution in [2.45, 2.75) is 25.4 Å². The minimum Gasteiger partial charge on any atom is -0.396 e. The summed E-state index contributed by atoms with van der Waals surface area (Å²) in [6.45, 7) is -0.709. The zero-order chi connectivity index (χ0) is 20.7. The van der Waals surface area contributed by atoms with Crippen LogP contribution >= 0.6 is 0 Å². The van der Waals surface area contributed by atoms with Crippen LogP contribution in [-0.4, -0.2) is 94.7 Å². The fourth-order valence-corrected chi connectivity index (χ4v) is 5.69.